The molecule has 0 aliphatic rings. The summed E-state index contributed by atoms with van der Waals surface area (Å²) in [6.07, 6.45) is 24.5. The lowest BCUT2D eigenvalue weighted by molar-refractivity contribution is -0.137. The predicted octanol–water partition coefficient (Wildman–Crippen LogP) is 7.14. The van der Waals surface area contributed by atoms with Crippen molar-refractivity contribution in [2.24, 2.45) is 0 Å². The Bertz CT molecular complexity index is 296. The zero-order valence-electron chi connectivity index (χ0n) is 15.9. The third-order valence-electron chi connectivity index (χ3n) is 4.46. The van der Waals surface area contributed by atoms with E-state index >= 15 is 0 Å². The second kappa shape index (κ2) is 20.0. The Morgan fingerprint density at radius 1 is 0.625 bits per heavy atom. The lowest BCUT2D eigenvalue weighted by Crippen LogP contribution is -2.01. The van der Waals surface area contributed by atoms with Crippen LogP contribution >= 0.6 is 0 Å². The smallest absolute Gasteiger partial charge is 0.330 e. The van der Waals surface area contributed by atoms with Gasteiger partial charge in [0.1, 0.15) is 0 Å². The van der Waals surface area contributed by atoms with Crippen LogP contribution in [-0.4, -0.2) is 12.6 Å². The quantitative estimate of drug-likeness (QED) is 0.108. The fourth-order valence-electron chi connectivity index (χ4n) is 2.92. The highest BCUT2D eigenvalue weighted by atomic mass is 16.5. The van der Waals surface area contributed by atoms with Gasteiger partial charge in [0.2, 0.25) is 0 Å². The lowest BCUT2D eigenvalue weighted by atomic mass is 10.0. The van der Waals surface area contributed by atoms with Gasteiger partial charge in [-0.15, -0.1) is 6.58 Å². The molecule has 24 heavy (non-hydrogen) atoms. The van der Waals surface area contributed by atoms with E-state index in [2.05, 4.69) is 13.2 Å². The Labute approximate surface area is 150 Å². The molecule has 0 spiro atoms. The molecule has 0 radical (unpaired) electrons. The van der Waals surface area contributed by atoms with Gasteiger partial charge < -0.3 is 4.74 Å². The predicted molar refractivity (Wildman–Crippen MR) is 105 cm³/mol. The number of carbonyl (C=O) groups is 1. The van der Waals surface area contributed by atoms with E-state index in [4.69, 9.17) is 4.74 Å². The average molecular weight is 337 g/mol. The van der Waals surface area contributed by atoms with Crippen molar-refractivity contribution in [3.63, 3.8) is 0 Å². The number of hydrogen-bond donors (Lipinski definition) is 0. The van der Waals surface area contributed by atoms with E-state index in [-0.39, 0.29) is 5.97 Å². The van der Waals surface area contributed by atoms with Crippen LogP contribution in [0, 0.1) is 0 Å². The normalized spacial score (nSPS) is 10.5. The lowest BCUT2D eigenvalue weighted by Gasteiger charge is -2.04. The van der Waals surface area contributed by atoms with E-state index in [0.29, 0.717) is 6.61 Å². The van der Waals surface area contributed by atoms with E-state index in [1.54, 1.807) is 0 Å². The van der Waals surface area contributed by atoms with Crippen LogP contribution in [0.5, 0.6) is 0 Å². The van der Waals surface area contributed by atoms with Gasteiger partial charge in [0.05, 0.1) is 6.61 Å². The first-order valence-corrected chi connectivity index (χ1v) is 10.2. The van der Waals surface area contributed by atoms with Crippen LogP contribution in [-0.2, 0) is 9.53 Å². The fourth-order valence-corrected chi connectivity index (χ4v) is 2.92. The van der Waals surface area contributed by atoms with Crippen LogP contribution in [0.4, 0.5) is 0 Å². The second-order valence-corrected chi connectivity index (χ2v) is 6.75. The summed E-state index contributed by atoms with van der Waals surface area (Å²) in [5, 5.41) is 0. The van der Waals surface area contributed by atoms with E-state index in [9.17, 15) is 4.79 Å². The van der Waals surface area contributed by atoms with Crippen molar-refractivity contribution in [2.75, 3.05) is 6.61 Å². The molecule has 0 amide bonds. The molecule has 0 aromatic heterocycles. The molecule has 140 valence electrons. The number of carbonyl (C=O) groups excluding carboxylic acids is 1. The Balaban J connectivity index is 3.01. The maximum Gasteiger partial charge on any atom is 0.330 e. The van der Waals surface area contributed by atoms with Crippen molar-refractivity contribution in [1.82, 2.24) is 0 Å². The first-order valence-electron chi connectivity index (χ1n) is 10.2. The molecule has 0 aliphatic heterocycles. The largest absolute Gasteiger partial charge is 0.463 e. The minimum absolute atomic E-state index is 0.303. The maximum absolute atomic E-state index is 10.8. The summed E-state index contributed by atoms with van der Waals surface area (Å²) in [4.78, 5) is 10.8. The van der Waals surface area contributed by atoms with E-state index < -0.39 is 0 Å². The summed E-state index contributed by atoms with van der Waals surface area (Å²) in [5.74, 6) is -0.303. The van der Waals surface area contributed by atoms with Gasteiger partial charge in [-0.05, 0) is 19.3 Å². The van der Waals surface area contributed by atoms with Crippen LogP contribution in [0.1, 0.15) is 103 Å². The molecule has 0 N–H and O–H groups in total. The number of ether oxygens (including phenoxy) is 1. The van der Waals surface area contributed by atoms with Crippen molar-refractivity contribution in [3.05, 3.63) is 25.3 Å². The summed E-state index contributed by atoms with van der Waals surface area (Å²) in [6, 6.07) is 0. The minimum Gasteiger partial charge on any atom is -0.463 e. The van der Waals surface area contributed by atoms with E-state index in [1.807, 2.05) is 6.08 Å². The molecule has 0 atom stereocenters. The van der Waals surface area contributed by atoms with Crippen LogP contribution in [0.25, 0.3) is 0 Å². The maximum atomic E-state index is 10.8. The summed E-state index contributed by atoms with van der Waals surface area (Å²) in [7, 11) is 0. The van der Waals surface area contributed by atoms with Gasteiger partial charge in [-0.25, -0.2) is 4.79 Å². The molecule has 0 aromatic carbocycles. The van der Waals surface area contributed by atoms with Crippen molar-refractivity contribution < 1.29 is 9.53 Å². The molecule has 0 bridgehead atoms. The molecule has 0 rings (SSSR count). The van der Waals surface area contributed by atoms with Crippen LogP contribution in [0.3, 0.4) is 0 Å². The zero-order chi connectivity index (χ0) is 17.7. The van der Waals surface area contributed by atoms with Gasteiger partial charge in [-0.3, -0.25) is 0 Å². The van der Waals surface area contributed by atoms with Crippen LogP contribution in [0.15, 0.2) is 25.3 Å². The fraction of sp³-hybridized carbons (Fsp3) is 0.773. The molecule has 2 heteroatoms. The summed E-state index contributed by atoms with van der Waals surface area (Å²) >= 11 is 0. The molecule has 0 saturated heterocycles. The van der Waals surface area contributed by atoms with Crippen LogP contribution in [0.2, 0.25) is 0 Å². The molecule has 0 fully saturated rings. The van der Waals surface area contributed by atoms with Gasteiger partial charge in [0.15, 0.2) is 0 Å². The summed E-state index contributed by atoms with van der Waals surface area (Å²) in [6.45, 7) is 7.68. The molecule has 0 aromatic rings. The monoisotopic (exact) mass is 336 g/mol. The molecule has 0 heterocycles. The highest BCUT2D eigenvalue weighted by Gasteiger charge is 1.96. The molecule has 0 saturated carbocycles. The number of esters is 1. The zero-order valence-corrected chi connectivity index (χ0v) is 15.9. The average Bonchev–Trinajstić information content (AvgIpc) is 2.60. The first kappa shape index (κ1) is 22.9. The van der Waals surface area contributed by atoms with Crippen LogP contribution < -0.4 is 0 Å². The van der Waals surface area contributed by atoms with Gasteiger partial charge >= 0.3 is 5.97 Å². The molecular formula is C22H40O2. The van der Waals surface area contributed by atoms with Crippen molar-refractivity contribution in [2.45, 2.75) is 103 Å². The van der Waals surface area contributed by atoms with Crippen molar-refractivity contribution in [3.8, 4) is 0 Å². The Kier molecular flexibility index (Phi) is 19.1. The number of allylic oxidation sites excluding steroid dienone is 1. The van der Waals surface area contributed by atoms with E-state index in [1.165, 1.54) is 96.0 Å². The Morgan fingerprint density at radius 2 is 1.00 bits per heavy atom. The minimum atomic E-state index is -0.303. The molecule has 0 unspecified atom stereocenters. The summed E-state index contributed by atoms with van der Waals surface area (Å²) < 4.78 is 4.95. The Morgan fingerprint density at radius 3 is 1.38 bits per heavy atom. The highest BCUT2D eigenvalue weighted by molar-refractivity contribution is 5.81. The number of rotatable bonds is 19. The molecular weight excluding hydrogens is 296 g/mol. The van der Waals surface area contributed by atoms with Gasteiger partial charge in [0, 0.05) is 6.08 Å². The Hall–Kier alpha value is -1.05. The standard InChI is InChI=1S/C22H40O2/c1-3-5-6-7-8-9-10-11-12-13-14-15-16-17-18-19-20-21-24-22(23)4-2/h3-4H,1-2,5-21H2. The van der Waals surface area contributed by atoms with Gasteiger partial charge in [0.25, 0.3) is 0 Å². The number of unbranched alkanes of at least 4 members (excludes halogenated alkanes) is 15. The second-order valence-electron chi connectivity index (χ2n) is 6.75. The number of hydrogen-bond acceptors (Lipinski definition) is 2. The summed E-state index contributed by atoms with van der Waals surface area (Å²) in [5.41, 5.74) is 0. The first-order chi connectivity index (χ1) is 11.8. The van der Waals surface area contributed by atoms with Gasteiger partial charge in [-0.2, -0.15) is 0 Å². The van der Waals surface area contributed by atoms with Gasteiger partial charge in [-0.1, -0.05) is 96.1 Å². The molecule has 0 aliphatic carbocycles. The van der Waals surface area contributed by atoms with E-state index in [0.717, 1.165) is 12.8 Å². The van der Waals surface area contributed by atoms with Crippen molar-refractivity contribution >= 4 is 5.97 Å². The van der Waals surface area contributed by atoms with Crippen molar-refractivity contribution in [1.29, 1.82) is 0 Å². The molecule has 2 nitrogen and oxygen atoms in total. The SMILES string of the molecule is C=CCCCCCCCCCCCCCCCCCOC(=O)C=C. The third-order valence-corrected chi connectivity index (χ3v) is 4.46. The topological polar surface area (TPSA) is 26.3 Å². The third kappa shape index (κ3) is 19.0. The highest BCUT2D eigenvalue weighted by Crippen LogP contribution is 2.13.